The summed E-state index contributed by atoms with van der Waals surface area (Å²) in [7, 11) is -3.23. The van der Waals surface area contributed by atoms with E-state index in [0.29, 0.717) is 0 Å². The Morgan fingerprint density at radius 2 is 2.00 bits per heavy atom. The molecule has 0 aromatic heterocycles. The van der Waals surface area contributed by atoms with Crippen LogP contribution in [0.4, 0.5) is 4.79 Å². The zero-order valence-corrected chi connectivity index (χ0v) is 7.59. The van der Waals surface area contributed by atoms with Gasteiger partial charge in [-0.15, -0.1) is 0 Å². The first kappa shape index (κ1) is 14.3. The van der Waals surface area contributed by atoms with E-state index in [9.17, 15) is 17.8 Å². The molecule has 0 saturated carbocycles. The minimum atomic E-state index is -4.31. The summed E-state index contributed by atoms with van der Waals surface area (Å²) < 4.78 is 37.9. The molecule has 0 aromatic rings. The Bertz CT molecular complexity index is 222. The second-order valence-corrected chi connectivity index (χ2v) is 3.09. The van der Waals surface area contributed by atoms with Crippen molar-refractivity contribution in [2.75, 3.05) is 19.5 Å². The largest absolute Gasteiger partial charge is 1.00 e. The molecular weight excluding hydrogens is 183 g/mol. The van der Waals surface area contributed by atoms with Gasteiger partial charge in [0.2, 0.25) is 0 Å². The second-order valence-electron chi connectivity index (χ2n) is 1.56. The van der Waals surface area contributed by atoms with Crippen LogP contribution in [0.15, 0.2) is 0 Å². The van der Waals surface area contributed by atoms with Crippen molar-refractivity contribution in [3.63, 3.8) is 0 Å². The Morgan fingerprint density at radius 3 is 2.33 bits per heavy atom. The summed E-state index contributed by atoms with van der Waals surface area (Å²) in [6.45, 7) is -0.474. The Kier molecular flexibility index (Phi) is 7.53. The maximum atomic E-state index is 10.2. The molecule has 0 bridgehead atoms. The van der Waals surface area contributed by atoms with E-state index in [0.717, 1.165) is 7.11 Å². The molecule has 0 aliphatic heterocycles. The molecule has 0 saturated heterocycles. The summed E-state index contributed by atoms with van der Waals surface area (Å²) in [5.41, 5.74) is 0. The maximum Gasteiger partial charge on any atom is 1.00 e. The second kappa shape index (κ2) is 6.31. The van der Waals surface area contributed by atoms with Gasteiger partial charge in [0.1, 0.15) is 6.61 Å². The molecular formula is C4H7LiO6S. The van der Waals surface area contributed by atoms with Gasteiger partial charge in [-0.25, -0.2) is 13.2 Å². The van der Waals surface area contributed by atoms with Crippen molar-refractivity contribution < 1.29 is 46.1 Å². The number of rotatable bonds is 3. The standard InChI is InChI=1S/C4H8O6S.Li/c1-9-4(5)10-2-3-11(6,7)8;/h2-3H2,1H3,(H,6,7,8);/q;+1/p-1. The van der Waals surface area contributed by atoms with E-state index in [-0.39, 0.29) is 18.9 Å². The van der Waals surface area contributed by atoms with Gasteiger partial charge in [0, 0.05) is 0 Å². The van der Waals surface area contributed by atoms with Crippen LogP contribution >= 0.6 is 0 Å². The molecule has 0 rings (SSSR count). The number of hydrogen-bond donors (Lipinski definition) is 0. The average Bonchev–Trinajstić information content (AvgIpc) is 1.85. The van der Waals surface area contributed by atoms with Crippen LogP contribution in [0.25, 0.3) is 0 Å². The first-order valence-electron chi connectivity index (χ1n) is 2.60. The first-order valence-corrected chi connectivity index (χ1v) is 4.18. The Labute approximate surface area is 82.1 Å². The van der Waals surface area contributed by atoms with E-state index in [4.69, 9.17) is 0 Å². The quantitative estimate of drug-likeness (QED) is 0.258. The minimum Gasteiger partial charge on any atom is -0.748 e. The van der Waals surface area contributed by atoms with Gasteiger partial charge in [-0.3, -0.25) is 0 Å². The minimum absolute atomic E-state index is 0. The molecule has 0 radical (unpaired) electrons. The summed E-state index contributed by atoms with van der Waals surface area (Å²) in [5.74, 6) is -0.734. The number of methoxy groups -OCH3 is 1. The molecule has 0 atom stereocenters. The van der Waals surface area contributed by atoms with Crippen molar-refractivity contribution in [2.24, 2.45) is 0 Å². The summed E-state index contributed by atoms with van der Waals surface area (Å²) >= 11 is 0. The van der Waals surface area contributed by atoms with Gasteiger partial charge >= 0.3 is 25.0 Å². The van der Waals surface area contributed by atoms with Crippen molar-refractivity contribution in [2.45, 2.75) is 0 Å². The van der Waals surface area contributed by atoms with E-state index in [1.165, 1.54) is 0 Å². The van der Waals surface area contributed by atoms with Gasteiger partial charge in [0.05, 0.1) is 23.0 Å². The van der Waals surface area contributed by atoms with Crippen LogP contribution in [0.5, 0.6) is 0 Å². The molecule has 0 fully saturated rings. The molecule has 0 aromatic carbocycles. The monoisotopic (exact) mass is 190 g/mol. The smallest absolute Gasteiger partial charge is 0.748 e. The van der Waals surface area contributed by atoms with E-state index in [1.54, 1.807) is 0 Å². The van der Waals surface area contributed by atoms with Crippen molar-refractivity contribution >= 4 is 16.3 Å². The van der Waals surface area contributed by atoms with Crippen LogP contribution in [0, 0.1) is 0 Å². The molecule has 0 N–H and O–H groups in total. The zero-order valence-electron chi connectivity index (χ0n) is 6.77. The van der Waals surface area contributed by atoms with Crippen LogP contribution in [0.2, 0.25) is 0 Å². The summed E-state index contributed by atoms with van der Waals surface area (Å²) in [6, 6.07) is 0. The summed E-state index contributed by atoms with van der Waals surface area (Å²) in [5, 5.41) is 0. The molecule has 66 valence electrons. The molecule has 0 amide bonds. The molecule has 0 unspecified atom stereocenters. The van der Waals surface area contributed by atoms with Crippen LogP contribution in [-0.4, -0.2) is 38.6 Å². The van der Waals surface area contributed by atoms with E-state index >= 15 is 0 Å². The zero-order chi connectivity index (χ0) is 8.91. The van der Waals surface area contributed by atoms with Crippen LogP contribution in [0.3, 0.4) is 0 Å². The van der Waals surface area contributed by atoms with Gasteiger partial charge in [-0.2, -0.15) is 0 Å². The number of ether oxygens (including phenoxy) is 2. The topological polar surface area (TPSA) is 92.7 Å². The van der Waals surface area contributed by atoms with Crippen LogP contribution in [-0.2, 0) is 19.6 Å². The van der Waals surface area contributed by atoms with Crippen LogP contribution < -0.4 is 18.9 Å². The fourth-order valence-electron chi connectivity index (χ4n) is 0.286. The third-order valence-corrected chi connectivity index (χ3v) is 1.39. The van der Waals surface area contributed by atoms with Crippen molar-refractivity contribution in [3.05, 3.63) is 0 Å². The van der Waals surface area contributed by atoms with Crippen molar-refractivity contribution in [3.8, 4) is 0 Å². The predicted molar refractivity (Wildman–Crippen MR) is 32.9 cm³/mol. The van der Waals surface area contributed by atoms with Gasteiger partial charge in [-0.1, -0.05) is 0 Å². The van der Waals surface area contributed by atoms with Crippen LogP contribution in [0.1, 0.15) is 0 Å². The van der Waals surface area contributed by atoms with Crippen molar-refractivity contribution in [1.82, 2.24) is 0 Å². The molecule has 0 aliphatic carbocycles. The molecule has 0 heterocycles. The molecule has 6 nitrogen and oxygen atoms in total. The average molecular weight is 190 g/mol. The molecule has 12 heavy (non-hydrogen) atoms. The number of carbonyl (C=O) groups is 1. The Morgan fingerprint density at radius 1 is 1.50 bits per heavy atom. The molecule has 0 spiro atoms. The number of carbonyl (C=O) groups excluding carboxylic acids is 1. The fraction of sp³-hybridized carbons (Fsp3) is 0.750. The van der Waals surface area contributed by atoms with Gasteiger partial charge in [-0.05, 0) is 0 Å². The Hall–Kier alpha value is -0.223. The SMILES string of the molecule is COC(=O)OCCS(=O)(=O)[O-].[Li+]. The van der Waals surface area contributed by atoms with Crippen molar-refractivity contribution in [1.29, 1.82) is 0 Å². The Balaban J connectivity index is 0. The number of hydrogen-bond acceptors (Lipinski definition) is 6. The first-order chi connectivity index (χ1) is 4.95. The third kappa shape index (κ3) is 9.78. The van der Waals surface area contributed by atoms with Gasteiger partial charge in [0.15, 0.2) is 0 Å². The molecule has 8 heteroatoms. The predicted octanol–water partition coefficient (Wildman–Crippen LogP) is -3.68. The van der Waals surface area contributed by atoms with Gasteiger partial charge in [0.25, 0.3) is 0 Å². The van der Waals surface area contributed by atoms with E-state index in [2.05, 4.69) is 9.47 Å². The van der Waals surface area contributed by atoms with E-state index in [1.807, 2.05) is 0 Å². The fourth-order valence-corrected chi connectivity index (χ4v) is 0.573. The summed E-state index contributed by atoms with van der Waals surface area (Å²) in [6.07, 6.45) is -1.01. The molecule has 0 aliphatic rings. The van der Waals surface area contributed by atoms with Gasteiger partial charge < -0.3 is 14.0 Å². The summed E-state index contributed by atoms with van der Waals surface area (Å²) in [4.78, 5) is 10.2. The third-order valence-electron chi connectivity index (χ3n) is 0.720. The van der Waals surface area contributed by atoms with E-state index < -0.39 is 28.6 Å². The normalized spacial score (nSPS) is 9.83. The maximum absolute atomic E-state index is 10.2.